The van der Waals surface area contributed by atoms with Crippen LogP contribution in [0.5, 0.6) is 0 Å². The quantitative estimate of drug-likeness (QED) is 0.213. The molecule has 4 amide bonds. The minimum atomic E-state index is -0.492. The van der Waals surface area contributed by atoms with Crippen molar-refractivity contribution in [3.05, 3.63) is 47.9 Å². The van der Waals surface area contributed by atoms with Crippen molar-refractivity contribution in [2.24, 2.45) is 21.1 Å². The van der Waals surface area contributed by atoms with Crippen LogP contribution in [0.3, 0.4) is 0 Å². The molecule has 0 bridgehead atoms. The van der Waals surface area contributed by atoms with Crippen molar-refractivity contribution in [2.75, 3.05) is 43.1 Å². The SMILES string of the molecule is CN(C)CCC[NH2+]C(=O)c1cc(NC(=O)c2nc(NC(=O)c3cc(NC=O)cn3C)cn2C)cn1C. The molecule has 13 nitrogen and oxygen atoms in total. The molecule has 3 heterocycles. The highest BCUT2D eigenvalue weighted by Crippen LogP contribution is 2.17. The molecule has 3 rings (SSSR count). The molecule has 0 aliphatic carbocycles. The summed E-state index contributed by atoms with van der Waals surface area (Å²) in [6, 6.07) is 3.14. The summed E-state index contributed by atoms with van der Waals surface area (Å²) in [6.07, 6.45) is 6.18. The summed E-state index contributed by atoms with van der Waals surface area (Å²) in [6.45, 7) is 1.57. The molecule has 13 heteroatoms. The molecule has 192 valence electrons. The third-order valence-electron chi connectivity index (χ3n) is 5.44. The van der Waals surface area contributed by atoms with Crippen molar-refractivity contribution in [1.82, 2.24) is 23.6 Å². The average molecular weight is 499 g/mol. The van der Waals surface area contributed by atoms with Crippen LogP contribution < -0.4 is 21.3 Å². The largest absolute Gasteiger partial charge is 0.359 e. The predicted molar refractivity (Wildman–Crippen MR) is 134 cm³/mol. The van der Waals surface area contributed by atoms with Gasteiger partial charge in [0, 0.05) is 52.7 Å². The van der Waals surface area contributed by atoms with Gasteiger partial charge in [0.1, 0.15) is 11.4 Å². The number of hydrogen-bond acceptors (Lipinski definition) is 6. The Bertz CT molecular complexity index is 1270. The molecule has 0 fully saturated rings. The van der Waals surface area contributed by atoms with Crippen LogP contribution in [-0.4, -0.2) is 74.9 Å². The van der Waals surface area contributed by atoms with E-state index < -0.39 is 11.8 Å². The summed E-state index contributed by atoms with van der Waals surface area (Å²) < 4.78 is 4.71. The molecular formula is C23H32N9O4+. The van der Waals surface area contributed by atoms with Crippen molar-refractivity contribution >= 4 is 41.3 Å². The van der Waals surface area contributed by atoms with Crippen molar-refractivity contribution < 1.29 is 24.5 Å². The summed E-state index contributed by atoms with van der Waals surface area (Å²) in [5.41, 5.74) is 1.70. The number of aryl methyl sites for hydroxylation is 3. The van der Waals surface area contributed by atoms with Crippen LogP contribution in [0.25, 0.3) is 0 Å². The lowest BCUT2D eigenvalue weighted by Crippen LogP contribution is -2.88. The van der Waals surface area contributed by atoms with Crippen molar-refractivity contribution in [2.45, 2.75) is 6.42 Å². The summed E-state index contributed by atoms with van der Waals surface area (Å²) >= 11 is 0. The third kappa shape index (κ3) is 6.46. The lowest BCUT2D eigenvalue weighted by Gasteiger charge is -2.07. The second-order valence-electron chi connectivity index (χ2n) is 8.69. The fourth-order valence-corrected chi connectivity index (χ4v) is 3.67. The predicted octanol–water partition coefficient (Wildman–Crippen LogP) is -0.175. The van der Waals surface area contributed by atoms with Gasteiger partial charge in [0.05, 0.1) is 17.9 Å². The van der Waals surface area contributed by atoms with Crippen LogP contribution in [0.2, 0.25) is 0 Å². The van der Waals surface area contributed by atoms with E-state index in [0.717, 1.165) is 13.0 Å². The van der Waals surface area contributed by atoms with E-state index in [-0.39, 0.29) is 17.5 Å². The molecule has 0 saturated carbocycles. The maximum atomic E-state index is 12.8. The van der Waals surface area contributed by atoms with E-state index >= 15 is 0 Å². The number of quaternary nitrogens is 1. The van der Waals surface area contributed by atoms with Crippen molar-refractivity contribution in [3.8, 4) is 0 Å². The monoisotopic (exact) mass is 498 g/mol. The number of primary amides is 1. The number of nitrogens with zero attached hydrogens (tertiary/aromatic N) is 5. The van der Waals surface area contributed by atoms with Crippen LogP contribution in [0.15, 0.2) is 30.7 Å². The van der Waals surface area contributed by atoms with Gasteiger partial charge in [0.15, 0.2) is 5.82 Å². The second kappa shape index (κ2) is 11.5. The Labute approximate surface area is 208 Å². The molecule has 0 aliphatic rings. The number of hydrogen-bond donors (Lipinski definition) is 4. The smallest absolute Gasteiger partial charge is 0.344 e. The minimum absolute atomic E-state index is 0.0764. The number of rotatable bonds is 11. The fraction of sp³-hybridized carbons (Fsp3) is 0.348. The van der Waals surface area contributed by atoms with Gasteiger partial charge in [-0.2, -0.15) is 0 Å². The molecule has 3 aromatic rings. The van der Waals surface area contributed by atoms with Gasteiger partial charge in [-0.3, -0.25) is 19.7 Å². The number of imidazole rings is 1. The highest BCUT2D eigenvalue weighted by molar-refractivity contribution is 6.05. The Morgan fingerprint density at radius 1 is 0.944 bits per heavy atom. The third-order valence-corrected chi connectivity index (χ3v) is 5.44. The number of amides is 4. The zero-order valence-electron chi connectivity index (χ0n) is 21.0. The molecule has 0 aliphatic heterocycles. The molecule has 0 radical (unpaired) electrons. The normalized spacial score (nSPS) is 10.9. The Hall–Kier alpha value is -4.23. The number of anilines is 3. The van der Waals surface area contributed by atoms with E-state index in [9.17, 15) is 19.2 Å². The van der Waals surface area contributed by atoms with Gasteiger partial charge in [-0.25, -0.2) is 9.78 Å². The summed E-state index contributed by atoms with van der Waals surface area (Å²) in [5, 5.41) is 9.54. The van der Waals surface area contributed by atoms with E-state index in [1.807, 2.05) is 14.1 Å². The Morgan fingerprint density at radius 3 is 2.31 bits per heavy atom. The van der Waals surface area contributed by atoms with Gasteiger partial charge in [0.2, 0.25) is 12.2 Å². The molecule has 0 spiro atoms. The average Bonchev–Trinajstić information content (AvgIpc) is 3.47. The molecule has 3 aromatic heterocycles. The molecule has 0 atom stereocenters. The van der Waals surface area contributed by atoms with E-state index in [4.69, 9.17) is 0 Å². The van der Waals surface area contributed by atoms with Gasteiger partial charge < -0.3 is 34.6 Å². The Morgan fingerprint density at radius 2 is 1.61 bits per heavy atom. The van der Waals surface area contributed by atoms with Gasteiger partial charge in [-0.15, -0.1) is 0 Å². The topological polar surface area (TPSA) is 152 Å². The highest BCUT2D eigenvalue weighted by Gasteiger charge is 2.20. The first-order valence-electron chi connectivity index (χ1n) is 11.3. The number of nitrogens with two attached hydrogens (primary N) is 1. The molecular weight excluding hydrogens is 466 g/mol. The molecule has 36 heavy (non-hydrogen) atoms. The van der Waals surface area contributed by atoms with Crippen LogP contribution in [0.1, 0.15) is 38.0 Å². The second-order valence-corrected chi connectivity index (χ2v) is 8.69. The van der Waals surface area contributed by atoms with E-state index in [1.54, 1.807) is 54.1 Å². The van der Waals surface area contributed by atoms with Gasteiger partial charge in [-0.05, 0) is 26.2 Å². The van der Waals surface area contributed by atoms with Crippen molar-refractivity contribution in [1.29, 1.82) is 0 Å². The standard InChI is InChI=1S/C23H31N9O4/c1-29(2)8-6-7-24-21(34)17-10-16(12-31(17)4)26-23(36)20-27-19(13-32(20)5)28-22(35)18-9-15(25-14-33)11-30(18)3/h9-14H,6-8H2,1-5H3,(H,24,34)(H,25,33)(H,26,36)(H,28,35)/p+1. The van der Waals surface area contributed by atoms with Crippen LogP contribution in [0, 0.1) is 0 Å². The fourth-order valence-electron chi connectivity index (χ4n) is 3.67. The minimum Gasteiger partial charge on any atom is -0.344 e. The zero-order valence-corrected chi connectivity index (χ0v) is 21.0. The van der Waals surface area contributed by atoms with Gasteiger partial charge in [-0.1, -0.05) is 0 Å². The number of aromatic nitrogens is 4. The van der Waals surface area contributed by atoms with Gasteiger partial charge in [0.25, 0.3) is 11.8 Å². The summed E-state index contributed by atoms with van der Waals surface area (Å²) in [5.74, 6) is -0.781. The number of carbonyl (C=O) groups is 4. The molecule has 0 aromatic carbocycles. The first kappa shape index (κ1) is 26.4. The van der Waals surface area contributed by atoms with Crippen molar-refractivity contribution in [3.63, 3.8) is 0 Å². The zero-order chi connectivity index (χ0) is 26.4. The van der Waals surface area contributed by atoms with Crippen LogP contribution in [-0.2, 0) is 25.9 Å². The molecule has 0 saturated heterocycles. The van der Waals surface area contributed by atoms with E-state index in [0.29, 0.717) is 35.7 Å². The van der Waals surface area contributed by atoms with E-state index in [1.165, 1.54) is 16.8 Å². The first-order valence-corrected chi connectivity index (χ1v) is 11.3. The van der Waals surface area contributed by atoms with Crippen LogP contribution in [0.4, 0.5) is 17.2 Å². The highest BCUT2D eigenvalue weighted by atomic mass is 16.2. The van der Waals surface area contributed by atoms with Crippen LogP contribution >= 0.6 is 0 Å². The van der Waals surface area contributed by atoms with E-state index in [2.05, 4.69) is 25.8 Å². The number of nitrogens with one attached hydrogen (secondary N) is 3. The Kier molecular flexibility index (Phi) is 8.40. The number of carbonyl (C=O) groups excluding carboxylic acids is 4. The maximum absolute atomic E-state index is 12.8. The lowest BCUT2D eigenvalue weighted by atomic mass is 10.3. The summed E-state index contributed by atoms with van der Waals surface area (Å²) in [7, 11) is 9.02. The van der Waals surface area contributed by atoms with Gasteiger partial charge >= 0.3 is 5.91 Å². The molecule has 0 unspecified atom stereocenters. The summed E-state index contributed by atoms with van der Waals surface area (Å²) in [4.78, 5) is 54.9. The maximum Gasteiger partial charge on any atom is 0.359 e. The lowest BCUT2D eigenvalue weighted by molar-refractivity contribution is -0.555. The Balaban J connectivity index is 1.63. The molecule has 5 N–H and O–H groups in total. The first-order chi connectivity index (χ1) is 17.1.